The molecule has 0 saturated carbocycles. The number of ether oxygens (including phenoxy) is 1. The van der Waals surface area contributed by atoms with Crippen LogP contribution in [0.15, 0.2) is 29.3 Å². The molecule has 0 bridgehead atoms. The molecular weight excluding hydrogens is 455 g/mol. The zero-order chi connectivity index (χ0) is 18.8. The van der Waals surface area contributed by atoms with Gasteiger partial charge in [0, 0.05) is 32.1 Å². The fraction of sp³-hybridized carbons (Fsp3) is 0.600. The largest absolute Gasteiger partial charge is 0.497 e. The topological polar surface area (TPSA) is 66.0 Å². The van der Waals surface area contributed by atoms with E-state index in [1.807, 2.05) is 36.1 Å². The highest BCUT2D eigenvalue weighted by atomic mass is 127. The van der Waals surface area contributed by atoms with Crippen molar-refractivity contribution >= 4 is 35.8 Å². The first kappa shape index (κ1) is 23.5. The van der Waals surface area contributed by atoms with E-state index in [-0.39, 0.29) is 29.9 Å². The van der Waals surface area contributed by atoms with Gasteiger partial charge in [0.1, 0.15) is 5.75 Å². The van der Waals surface area contributed by atoms with Crippen LogP contribution in [-0.2, 0) is 11.3 Å². The highest BCUT2D eigenvalue weighted by molar-refractivity contribution is 14.0. The van der Waals surface area contributed by atoms with Gasteiger partial charge < -0.3 is 20.3 Å². The SMILES string of the molecule is CCNC(=NCc1ccc(OC)cc1)NCCC(=O)N1CCCCC1C.I. The van der Waals surface area contributed by atoms with Crippen LogP contribution in [-0.4, -0.2) is 49.6 Å². The number of carbonyl (C=O) groups excluding carboxylic acids is 1. The van der Waals surface area contributed by atoms with Crippen molar-refractivity contribution in [2.75, 3.05) is 26.7 Å². The molecule has 1 atom stereocenters. The summed E-state index contributed by atoms with van der Waals surface area (Å²) < 4.78 is 5.17. The van der Waals surface area contributed by atoms with E-state index in [9.17, 15) is 4.79 Å². The summed E-state index contributed by atoms with van der Waals surface area (Å²) in [6.07, 6.45) is 3.96. The Morgan fingerprint density at radius 2 is 2.00 bits per heavy atom. The van der Waals surface area contributed by atoms with Gasteiger partial charge in [-0.15, -0.1) is 24.0 Å². The Labute approximate surface area is 180 Å². The lowest BCUT2D eigenvalue weighted by Crippen LogP contribution is -2.44. The van der Waals surface area contributed by atoms with Gasteiger partial charge in [0.05, 0.1) is 13.7 Å². The van der Waals surface area contributed by atoms with E-state index in [1.54, 1.807) is 7.11 Å². The average molecular weight is 488 g/mol. The van der Waals surface area contributed by atoms with Crippen LogP contribution >= 0.6 is 24.0 Å². The van der Waals surface area contributed by atoms with Crippen molar-refractivity contribution in [3.63, 3.8) is 0 Å². The molecule has 2 N–H and O–H groups in total. The molecule has 1 aliphatic rings. The van der Waals surface area contributed by atoms with Crippen LogP contribution in [0.3, 0.4) is 0 Å². The second kappa shape index (κ2) is 12.8. The molecule has 27 heavy (non-hydrogen) atoms. The molecule has 1 aromatic carbocycles. The second-order valence-corrected chi connectivity index (χ2v) is 6.65. The molecule has 1 amide bonds. The maximum absolute atomic E-state index is 12.4. The molecule has 1 saturated heterocycles. The number of carbonyl (C=O) groups is 1. The first-order chi connectivity index (χ1) is 12.6. The number of methoxy groups -OCH3 is 1. The molecule has 0 aliphatic carbocycles. The van der Waals surface area contributed by atoms with Crippen molar-refractivity contribution < 1.29 is 9.53 Å². The minimum absolute atomic E-state index is 0. The Morgan fingerprint density at radius 1 is 1.26 bits per heavy atom. The van der Waals surface area contributed by atoms with Crippen molar-refractivity contribution in [3.8, 4) is 5.75 Å². The molecule has 1 aromatic rings. The van der Waals surface area contributed by atoms with E-state index in [2.05, 4.69) is 22.5 Å². The molecule has 7 heteroatoms. The first-order valence-corrected chi connectivity index (χ1v) is 9.58. The molecule has 1 aliphatic heterocycles. The fourth-order valence-electron chi connectivity index (χ4n) is 3.14. The van der Waals surface area contributed by atoms with Gasteiger partial charge in [-0.2, -0.15) is 0 Å². The molecular formula is C20H33IN4O2. The van der Waals surface area contributed by atoms with Crippen LogP contribution in [0.2, 0.25) is 0 Å². The first-order valence-electron chi connectivity index (χ1n) is 9.58. The molecule has 0 spiro atoms. The number of aliphatic imine (C=N–C) groups is 1. The highest BCUT2D eigenvalue weighted by Crippen LogP contribution is 2.17. The van der Waals surface area contributed by atoms with E-state index < -0.39 is 0 Å². The van der Waals surface area contributed by atoms with Crippen molar-refractivity contribution in [1.29, 1.82) is 0 Å². The molecule has 6 nitrogen and oxygen atoms in total. The van der Waals surface area contributed by atoms with Gasteiger partial charge >= 0.3 is 0 Å². The summed E-state index contributed by atoms with van der Waals surface area (Å²) in [5.74, 6) is 1.81. The number of hydrogen-bond donors (Lipinski definition) is 2. The van der Waals surface area contributed by atoms with Gasteiger partial charge in [0.25, 0.3) is 0 Å². The Kier molecular flexibility index (Phi) is 11.2. The number of guanidine groups is 1. The van der Waals surface area contributed by atoms with Crippen LogP contribution in [0.4, 0.5) is 0 Å². The van der Waals surface area contributed by atoms with E-state index in [4.69, 9.17) is 4.74 Å². The molecule has 152 valence electrons. The van der Waals surface area contributed by atoms with Crippen molar-refractivity contribution in [1.82, 2.24) is 15.5 Å². The Bertz CT molecular complexity index is 592. The third kappa shape index (κ3) is 7.94. The van der Waals surface area contributed by atoms with E-state index in [0.29, 0.717) is 25.6 Å². The lowest BCUT2D eigenvalue weighted by Gasteiger charge is -2.33. The van der Waals surface area contributed by atoms with Gasteiger partial charge in [0.15, 0.2) is 5.96 Å². The van der Waals surface area contributed by atoms with Gasteiger partial charge in [-0.05, 0) is 50.8 Å². The van der Waals surface area contributed by atoms with Crippen molar-refractivity contribution in [2.24, 2.45) is 4.99 Å². The number of likely N-dealkylation sites (tertiary alicyclic amines) is 1. The second-order valence-electron chi connectivity index (χ2n) is 6.65. The zero-order valence-corrected chi connectivity index (χ0v) is 19.0. The molecule has 1 unspecified atom stereocenters. The zero-order valence-electron chi connectivity index (χ0n) is 16.7. The van der Waals surface area contributed by atoms with E-state index in [0.717, 1.165) is 43.2 Å². The number of hydrogen-bond acceptors (Lipinski definition) is 3. The molecule has 0 aromatic heterocycles. The van der Waals surface area contributed by atoms with Gasteiger partial charge in [-0.1, -0.05) is 12.1 Å². The minimum atomic E-state index is 0. The quantitative estimate of drug-likeness (QED) is 0.352. The Hall–Kier alpha value is -1.51. The Morgan fingerprint density at radius 3 is 2.63 bits per heavy atom. The molecule has 2 rings (SSSR count). The standard InChI is InChI=1S/C20H32N4O2.HI/c1-4-21-20(23-15-17-8-10-18(26-3)11-9-17)22-13-12-19(25)24-14-6-5-7-16(24)2;/h8-11,16H,4-7,12-15H2,1-3H3,(H2,21,22,23);1H. The van der Waals surface area contributed by atoms with Crippen LogP contribution in [0.25, 0.3) is 0 Å². The number of nitrogens with one attached hydrogen (secondary N) is 2. The lowest BCUT2D eigenvalue weighted by atomic mass is 10.0. The van der Waals surface area contributed by atoms with Gasteiger partial charge in [0.2, 0.25) is 5.91 Å². The van der Waals surface area contributed by atoms with Crippen LogP contribution in [0, 0.1) is 0 Å². The van der Waals surface area contributed by atoms with E-state index in [1.165, 1.54) is 6.42 Å². The van der Waals surface area contributed by atoms with Crippen molar-refractivity contribution in [3.05, 3.63) is 29.8 Å². The lowest BCUT2D eigenvalue weighted by molar-refractivity contribution is -0.134. The smallest absolute Gasteiger partial charge is 0.224 e. The summed E-state index contributed by atoms with van der Waals surface area (Å²) in [6.45, 7) is 7.03. The third-order valence-electron chi connectivity index (χ3n) is 4.68. The number of nitrogens with zero attached hydrogens (tertiary/aromatic N) is 2. The summed E-state index contributed by atoms with van der Waals surface area (Å²) in [4.78, 5) is 19.0. The summed E-state index contributed by atoms with van der Waals surface area (Å²) in [7, 11) is 1.66. The normalized spacial score (nSPS) is 17.1. The fourth-order valence-corrected chi connectivity index (χ4v) is 3.14. The van der Waals surface area contributed by atoms with Gasteiger partial charge in [-0.3, -0.25) is 4.79 Å². The van der Waals surface area contributed by atoms with Crippen LogP contribution in [0.1, 0.15) is 45.1 Å². The number of piperidine rings is 1. The van der Waals surface area contributed by atoms with Crippen LogP contribution in [0.5, 0.6) is 5.75 Å². The average Bonchev–Trinajstić information content (AvgIpc) is 2.66. The number of halogens is 1. The monoisotopic (exact) mass is 488 g/mol. The summed E-state index contributed by atoms with van der Waals surface area (Å²) in [6, 6.07) is 8.25. The molecule has 1 heterocycles. The maximum atomic E-state index is 12.4. The molecule has 1 fully saturated rings. The minimum Gasteiger partial charge on any atom is -0.497 e. The van der Waals surface area contributed by atoms with Crippen molar-refractivity contribution in [2.45, 2.75) is 52.1 Å². The third-order valence-corrected chi connectivity index (χ3v) is 4.68. The summed E-state index contributed by atoms with van der Waals surface area (Å²) in [5, 5.41) is 6.49. The number of benzene rings is 1. The van der Waals surface area contributed by atoms with Gasteiger partial charge in [-0.25, -0.2) is 4.99 Å². The number of amides is 1. The predicted molar refractivity (Wildman–Crippen MR) is 121 cm³/mol. The molecule has 0 radical (unpaired) electrons. The Balaban J connectivity index is 0.00000364. The highest BCUT2D eigenvalue weighted by Gasteiger charge is 2.22. The summed E-state index contributed by atoms with van der Waals surface area (Å²) >= 11 is 0. The number of rotatable bonds is 7. The maximum Gasteiger partial charge on any atom is 0.224 e. The summed E-state index contributed by atoms with van der Waals surface area (Å²) in [5.41, 5.74) is 1.11. The van der Waals surface area contributed by atoms with Crippen LogP contribution < -0.4 is 15.4 Å². The predicted octanol–water partition coefficient (Wildman–Crippen LogP) is 3.16. The van der Waals surface area contributed by atoms with E-state index >= 15 is 0 Å².